The Morgan fingerprint density at radius 1 is 1.18 bits per heavy atom. The van der Waals surface area contributed by atoms with Crippen LogP contribution in [-0.2, 0) is 28.0 Å². The average molecular weight is 450 g/mol. The predicted molar refractivity (Wildman–Crippen MR) is 120 cm³/mol. The molecule has 2 aromatic carbocycles. The first-order valence-electron chi connectivity index (χ1n) is 11.0. The third kappa shape index (κ3) is 4.30. The minimum Gasteiger partial charge on any atom is -0.348 e. The predicted octanol–water partition coefficient (Wildman–Crippen LogP) is 3.12. The van der Waals surface area contributed by atoms with Crippen LogP contribution in [0.4, 0.5) is 10.5 Å². The van der Waals surface area contributed by atoms with Crippen molar-refractivity contribution in [2.45, 2.75) is 51.1 Å². The zero-order valence-corrected chi connectivity index (χ0v) is 18.6. The van der Waals surface area contributed by atoms with E-state index in [0.717, 1.165) is 29.7 Å². The summed E-state index contributed by atoms with van der Waals surface area (Å²) in [4.78, 5) is 49.6. The number of nitrogens with one attached hydrogen (secondary N) is 2. The van der Waals surface area contributed by atoms with Crippen LogP contribution >= 0.6 is 0 Å². The molecule has 4 amide bonds. The van der Waals surface area contributed by atoms with Gasteiger partial charge in [0.2, 0.25) is 5.91 Å². The lowest BCUT2D eigenvalue weighted by atomic mass is 9.89. The Bertz CT molecular complexity index is 1150. The Morgan fingerprint density at radius 3 is 2.64 bits per heavy atom. The number of nitro benzene ring substituents is 1. The fourth-order valence-corrected chi connectivity index (χ4v) is 4.50. The summed E-state index contributed by atoms with van der Waals surface area (Å²) < 4.78 is 0. The molecule has 2 unspecified atom stereocenters. The third-order valence-corrected chi connectivity index (χ3v) is 6.46. The SMILES string of the molecule is CC(NC(=O)CN1C(=O)NC(C)(c2cccc([N+](=O)[O-])c2)C1=O)c1ccc2c(c1)CCCC2. The van der Waals surface area contributed by atoms with Gasteiger partial charge < -0.3 is 10.6 Å². The first kappa shape index (κ1) is 22.4. The van der Waals surface area contributed by atoms with E-state index in [9.17, 15) is 24.5 Å². The van der Waals surface area contributed by atoms with Gasteiger partial charge in [0, 0.05) is 12.1 Å². The highest BCUT2D eigenvalue weighted by molar-refractivity contribution is 6.09. The van der Waals surface area contributed by atoms with Gasteiger partial charge in [-0.05, 0) is 61.8 Å². The number of amides is 4. The molecule has 1 aliphatic heterocycles. The maximum absolute atomic E-state index is 13.1. The Kier molecular flexibility index (Phi) is 5.88. The van der Waals surface area contributed by atoms with E-state index in [0.29, 0.717) is 0 Å². The first-order valence-corrected chi connectivity index (χ1v) is 11.0. The number of fused-ring (bicyclic) bond motifs is 1. The quantitative estimate of drug-likeness (QED) is 0.398. The van der Waals surface area contributed by atoms with Crippen LogP contribution in [0.3, 0.4) is 0 Å². The van der Waals surface area contributed by atoms with Crippen molar-refractivity contribution >= 4 is 23.5 Å². The molecule has 2 N–H and O–H groups in total. The monoisotopic (exact) mass is 450 g/mol. The fraction of sp³-hybridized carbons (Fsp3) is 0.375. The van der Waals surface area contributed by atoms with Gasteiger partial charge in [-0.3, -0.25) is 24.6 Å². The van der Waals surface area contributed by atoms with Crippen LogP contribution in [0.5, 0.6) is 0 Å². The van der Waals surface area contributed by atoms with Gasteiger partial charge in [-0.1, -0.05) is 30.3 Å². The molecule has 0 radical (unpaired) electrons. The Morgan fingerprint density at radius 2 is 1.91 bits per heavy atom. The van der Waals surface area contributed by atoms with Gasteiger partial charge in [0.1, 0.15) is 12.1 Å². The zero-order chi connectivity index (χ0) is 23.8. The number of benzene rings is 2. The summed E-state index contributed by atoms with van der Waals surface area (Å²) in [5.74, 6) is -1.10. The summed E-state index contributed by atoms with van der Waals surface area (Å²) in [6, 6.07) is 10.8. The number of aryl methyl sites for hydroxylation is 2. The summed E-state index contributed by atoms with van der Waals surface area (Å²) in [5.41, 5.74) is 2.23. The lowest BCUT2D eigenvalue weighted by Gasteiger charge is -2.22. The molecule has 33 heavy (non-hydrogen) atoms. The molecule has 1 fully saturated rings. The van der Waals surface area contributed by atoms with Crippen molar-refractivity contribution in [1.29, 1.82) is 0 Å². The smallest absolute Gasteiger partial charge is 0.325 e. The van der Waals surface area contributed by atoms with Crippen molar-refractivity contribution in [1.82, 2.24) is 15.5 Å². The molecule has 9 heteroatoms. The van der Waals surface area contributed by atoms with Gasteiger partial charge in [0.25, 0.3) is 11.6 Å². The number of nitro groups is 1. The molecule has 2 atom stereocenters. The minimum atomic E-state index is -1.49. The van der Waals surface area contributed by atoms with Crippen LogP contribution in [-0.4, -0.2) is 34.2 Å². The van der Waals surface area contributed by atoms with Crippen LogP contribution in [0.15, 0.2) is 42.5 Å². The highest BCUT2D eigenvalue weighted by Gasteiger charge is 2.49. The van der Waals surface area contributed by atoms with Crippen LogP contribution in [0, 0.1) is 10.1 Å². The van der Waals surface area contributed by atoms with Crippen LogP contribution in [0.25, 0.3) is 0 Å². The Hall–Kier alpha value is -3.75. The second-order valence-electron chi connectivity index (χ2n) is 8.78. The molecule has 1 aliphatic carbocycles. The number of hydrogen-bond acceptors (Lipinski definition) is 5. The van der Waals surface area contributed by atoms with Crippen LogP contribution in [0.2, 0.25) is 0 Å². The molecule has 0 aromatic heterocycles. The van der Waals surface area contributed by atoms with Crippen molar-refractivity contribution < 1.29 is 19.3 Å². The molecule has 2 aromatic rings. The minimum absolute atomic E-state index is 0.189. The van der Waals surface area contributed by atoms with Crippen molar-refractivity contribution in [3.8, 4) is 0 Å². The maximum Gasteiger partial charge on any atom is 0.325 e. The second kappa shape index (κ2) is 8.65. The van der Waals surface area contributed by atoms with E-state index in [1.807, 2.05) is 13.0 Å². The number of carbonyl (C=O) groups is 3. The first-order chi connectivity index (χ1) is 15.7. The van der Waals surface area contributed by atoms with Gasteiger partial charge >= 0.3 is 6.03 Å². The number of imide groups is 1. The number of hydrogen-bond donors (Lipinski definition) is 2. The van der Waals surface area contributed by atoms with Crippen molar-refractivity contribution in [3.63, 3.8) is 0 Å². The van der Waals surface area contributed by atoms with E-state index in [2.05, 4.69) is 22.8 Å². The van der Waals surface area contributed by atoms with Gasteiger partial charge in [-0.15, -0.1) is 0 Å². The Balaban J connectivity index is 1.45. The number of nitrogens with zero attached hydrogens (tertiary/aromatic N) is 2. The molecule has 4 rings (SSSR count). The molecule has 1 heterocycles. The van der Waals surface area contributed by atoms with Crippen LogP contribution < -0.4 is 10.6 Å². The number of rotatable bonds is 6. The Labute approximate surface area is 191 Å². The summed E-state index contributed by atoms with van der Waals surface area (Å²) in [6.45, 7) is 2.89. The highest BCUT2D eigenvalue weighted by atomic mass is 16.6. The topological polar surface area (TPSA) is 122 Å². The standard InChI is InChI=1S/C24H26N4O5/c1-15(17-11-10-16-6-3-4-7-18(16)12-17)25-21(29)14-27-22(30)24(2,26-23(27)31)19-8-5-9-20(13-19)28(32)33/h5,8-13,15H,3-4,6-7,14H2,1-2H3,(H,25,29)(H,26,31). The molecular weight excluding hydrogens is 424 g/mol. The van der Waals surface area contributed by atoms with Gasteiger partial charge in [0.05, 0.1) is 11.0 Å². The summed E-state index contributed by atoms with van der Waals surface area (Å²) in [5, 5.41) is 16.5. The molecule has 172 valence electrons. The summed E-state index contributed by atoms with van der Waals surface area (Å²) in [6.07, 6.45) is 4.46. The van der Waals surface area contributed by atoms with Gasteiger partial charge in [-0.25, -0.2) is 4.79 Å². The fourth-order valence-electron chi connectivity index (χ4n) is 4.50. The van der Waals surface area contributed by atoms with E-state index < -0.39 is 34.9 Å². The number of carbonyl (C=O) groups excluding carboxylic acids is 3. The van der Waals surface area contributed by atoms with E-state index in [1.54, 1.807) is 0 Å². The molecule has 9 nitrogen and oxygen atoms in total. The van der Waals surface area contributed by atoms with Crippen LogP contribution in [0.1, 0.15) is 55.0 Å². The normalized spacial score (nSPS) is 20.7. The summed E-state index contributed by atoms with van der Waals surface area (Å²) in [7, 11) is 0. The molecule has 0 bridgehead atoms. The lowest BCUT2D eigenvalue weighted by Crippen LogP contribution is -2.43. The largest absolute Gasteiger partial charge is 0.348 e. The molecule has 1 saturated heterocycles. The molecule has 2 aliphatic rings. The van der Waals surface area contributed by atoms with E-state index in [1.165, 1.54) is 48.7 Å². The highest BCUT2D eigenvalue weighted by Crippen LogP contribution is 2.31. The second-order valence-corrected chi connectivity index (χ2v) is 8.78. The summed E-state index contributed by atoms with van der Waals surface area (Å²) >= 11 is 0. The maximum atomic E-state index is 13.1. The van der Waals surface area contributed by atoms with Crippen molar-refractivity contribution in [3.05, 3.63) is 74.8 Å². The van der Waals surface area contributed by atoms with E-state index >= 15 is 0 Å². The van der Waals surface area contributed by atoms with E-state index in [4.69, 9.17) is 0 Å². The zero-order valence-electron chi connectivity index (χ0n) is 18.6. The molecule has 0 saturated carbocycles. The van der Waals surface area contributed by atoms with Gasteiger partial charge in [-0.2, -0.15) is 0 Å². The lowest BCUT2D eigenvalue weighted by molar-refractivity contribution is -0.385. The molecular formula is C24H26N4O5. The van der Waals surface area contributed by atoms with E-state index in [-0.39, 0.29) is 17.3 Å². The number of non-ortho nitro benzene ring substituents is 1. The van der Waals surface area contributed by atoms with Gasteiger partial charge in [0.15, 0.2) is 0 Å². The van der Waals surface area contributed by atoms with Crippen molar-refractivity contribution in [2.75, 3.05) is 6.54 Å². The van der Waals surface area contributed by atoms with Crippen molar-refractivity contribution in [2.24, 2.45) is 0 Å². The molecule has 0 spiro atoms. The average Bonchev–Trinajstić information content (AvgIpc) is 3.02. The number of urea groups is 1. The third-order valence-electron chi connectivity index (χ3n) is 6.46.